The molecule has 1 saturated heterocycles. The second-order valence-corrected chi connectivity index (χ2v) is 6.67. The number of carbonyl (C=O) groups is 1. The molecule has 0 radical (unpaired) electrons. The number of amidine groups is 1. The van der Waals surface area contributed by atoms with Gasteiger partial charge in [-0.25, -0.2) is 0 Å². The summed E-state index contributed by atoms with van der Waals surface area (Å²) >= 11 is 0. The van der Waals surface area contributed by atoms with Crippen LogP contribution in [0.2, 0.25) is 0 Å². The van der Waals surface area contributed by atoms with Crippen molar-refractivity contribution in [3.05, 3.63) is 35.4 Å². The van der Waals surface area contributed by atoms with Crippen molar-refractivity contribution in [3.8, 4) is 0 Å². The van der Waals surface area contributed by atoms with Crippen LogP contribution in [0, 0.1) is 11.3 Å². The molecule has 1 aliphatic rings. The first-order chi connectivity index (χ1) is 9.82. The highest BCUT2D eigenvalue weighted by Crippen LogP contribution is 2.34. The fourth-order valence-corrected chi connectivity index (χ4v) is 2.70. The maximum Gasteiger partial charge on any atom is 0.253 e. The Morgan fingerprint density at radius 1 is 1.38 bits per heavy atom. The quantitative estimate of drug-likeness (QED) is 0.379. The standard InChI is InChI=1S/C16H23N3O2/c1-16(2,3)13-7-8-19(10-13)15(20)12-6-4-5-11(9-12)14(17)18-21/h4-6,9,13,21H,7-8,10H2,1-3H3,(H2,17,18). The molecule has 1 fully saturated rings. The monoisotopic (exact) mass is 289 g/mol. The zero-order valence-corrected chi connectivity index (χ0v) is 12.8. The van der Waals surface area contributed by atoms with Gasteiger partial charge < -0.3 is 15.8 Å². The van der Waals surface area contributed by atoms with E-state index in [9.17, 15) is 4.79 Å². The molecule has 1 unspecified atom stereocenters. The molecule has 0 bridgehead atoms. The molecule has 114 valence electrons. The number of hydrogen-bond donors (Lipinski definition) is 2. The number of nitrogens with zero attached hydrogens (tertiary/aromatic N) is 2. The number of rotatable bonds is 2. The number of nitrogens with two attached hydrogens (primary N) is 1. The van der Waals surface area contributed by atoms with Gasteiger partial charge in [0.15, 0.2) is 5.84 Å². The van der Waals surface area contributed by atoms with Gasteiger partial charge in [0.25, 0.3) is 5.91 Å². The van der Waals surface area contributed by atoms with Crippen LogP contribution in [0.5, 0.6) is 0 Å². The van der Waals surface area contributed by atoms with E-state index in [1.165, 1.54) is 0 Å². The van der Waals surface area contributed by atoms with Crippen molar-refractivity contribution in [3.63, 3.8) is 0 Å². The number of benzene rings is 1. The van der Waals surface area contributed by atoms with Gasteiger partial charge in [0.1, 0.15) is 0 Å². The van der Waals surface area contributed by atoms with E-state index in [1.54, 1.807) is 24.3 Å². The Bertz CT molecular complexity index is 561. The molecule has 0 aromatic heterocycles. The van der Waals surface area contributed by atoms with Gasteiger partial charge in [-0.3, -0.25) is 4.79 Å². The molecule has 5 heteroatoms. The van der Waals surface area contributed by atoms with E-state index in [-0.39, 0.29) is 17.2 Å². The van der Waals surface area contributed by atoms with E-state index in [4.69, 9.17) is 10.9 Å². The van der Waals surface area contributed by atoms with Crippen molar-refractivity contribution in [2.45, 2.75) is 27.2 Å². The van der Waals surface area contributed by atoms with Crippen molar-refractivity contribution < 1.29 is 10.0 Å². The largest absolute Gasteiger partial charge is 0.409 e. The number of amides is 1. The lowest BCUT2D eigenvalue weighted by atomic mass is 9.80. The molecule has 1 aliphatic heterocycles. The first-order valence-corrected chi connectivity index (χ1v) is 7.20. The van der Waals surface area contributed by atoms with Crippen molar-refractivity contribution in [2.75, 3.05) is 13.1 Å². The Hall–Kier alpha value is -2.04. The van der Waals surface area contributed by atoms with Crippen molar-refractivity contribution in [2.24, 2.45) is 22.2 Å². The summed E-state index contributed by atoms with van der Waals surface area (Å²) in [5.41, 5.74) is 6.91. The van der Waals surface area contributed by atoms with Gasteiger partial charge >= 0.3 is 0 Å². The predicted molar refractivity (Wildman–Crippen MR) is 82.4 cm³/mol. The number of hydrogen-bond acceptors (Lipinski definition) is 3. The van der Waals surface area contributed by atoms with E-state index >= 15 is 0 Å². The maximum absolute atomic E-state index is 12.6. The van der Waals surface area contributed by atoms with Crippen LogP contribution in [0.4, 0.5) is 0 Å². The van der Waals surface area contributed by atoms with Crippen LogP contribution in [0.3, 0.4) is 0 Å². The molecule has 1 aromatic carbocycles. The molecule has 0 saturated carbocycles. The summed E-state index contributed by atoms with van der Waals surface area (Å²) < 4.78 is 0. The van der Waals surface area contributed by atoms with Gasteiger partial charge in [-0.2, -0.15) is 0 Å². The molecular formula is C16H23N3O2. The van der Waals surface area contributed by atoms with Crippen LogP contribution in [-0.2, 0) is 0 Å². The third-order valence-corrected chi connectivity index (χ3v) is 4.21. The average Bonchev–Trinajstić information content (AvgIpc) is 2.95. The van der Waals surface area contributed by atoms with Crippen molar-refractivity contribution >= 4 is 11.7 Å². The van der Waals surface area contributed by atoms with Crippen molar-refractivity contribution in [1.29, 1.82) is 0 Å². The Kier molecular flexibility index (Phi) is 4.21. The van der Waals surface area contributed by atoms with Crippen LogP contribution in [0.15, 0.2) is 29.4 Å². The van der Waals surface area contributed by atoms with Crippen LogP contribution >= 0.6 is 0 Å². The van der Waals surface area contributed by atoms with Crippen LogP contribution in [0.25, 0.3) is 0 Å². The minimum absolute atomic E-state index is 0.00865. The molecule has 0 spiro atoms. The molecule has 1 atom stereocenters. The topological polar surface area (TPSA) is 78.9 Å². The van der Waals surface area contributed by atoms with Crippen LogP contribution < -0.4 is 5.73 Å². The molecule has 5 nitrogen and oxygen atoms in total. The van der Waals surface area contributed by atoms with Gasteiger partial charge in [0.05, 0.1) is 0 Å². The Morgan fingerprint density at radius 2 is 2.05 bits per heavy atom. The molecule has 2 rings (SSSR count). The zero-order chi connectivity index (χ0) is 15.6. The fraction of sp³-hybridized carbons (Fsp3) is 0.500. The molecule has 1 amide bonds. The molecule has 3 N–H and O–H groups in total. The lowest BCUT2D eigenvalue weighted by molar-refractivity contribution is 0.0776. The molecule has 0 aliphatic carbocycles. The summed E-state index contributed by atoms with van der Waals surface area (Å²) in [5.74, 6) is 0.543. The average molecular weight is 289 g/mol. The lowest BCUT2D eigenvalue weighted by Crippen LogP contribution is -2.31. The SMILES string of the molecule is CC(C)(C)C1CCN(C(=O)c2cccc(/C(N)=N/O)c2)C1. The third kappa shape index (κ3) is 3.35. The Morgan fingerprint density at radius 3 is 2.62 bits per heavy atom. The van der Waals surface area contributed by atoms with Gasteiger partial charge in [-0.15, -0.1) is 0 Å². The number of likely N-dealkylation sites (tertiary alicyclic amines) is 1. The van der Waals surface area contributed by atoms with Gasteiger partial charge in [0.2, 0.25) is 0 Å². The summed E-state index contributed by atoms with van der Waals surface area (Å²) in [6, 6.07) is 6.90. The summed E-state index contributed by atoms with van der Waals surface area (Å²) in [5, 5.41) is 11.7. The zero-order valence-electron chi connectivity index (χ0n) is 12.8. The van der Waals surface area contributed by atoms with Crippen LogP contribution in [0.1, 0.15) is 43.1 Å². The number of oxime groups is 1. The Labute approximate surface area is 125 Å². The Balaban J connectivity index is 2.15. The van der Waals surface area contributed by atoms with E-state index in [1.807, 2.05) is 4.90 Å². The first-order valence-electron chi connectivity index (χ1n) is 7.20. The van der Waals surface area contributed by atoms with Crippen molar-refractivity contribution in [1.82, 2.24) is 4.90 Å². The predicted octanol–water partition coefficient (Wildman–Crippen LogP) is 2.29. The highest BCUT2D eigenvalue weighted by atomic mass is 16.4. The summed E-state index contributed by atoms with van der Waals surface area (Å²) in [6.07, 6.45) is 1.04. The molecule has 1 heterocycles. The molecular weight excluding hydrogens is 266 g/mol. The highest BCUT2D eigenvalue weighted by Gasteiger charge is 2.34. The van der Waals surface area contributed by atoms with Gasteiger partial charge in [0, 0.05) is 24.2 Å². The summed E-state index contributed by atoms with van der Waals surface area (Å²) in [7, 11) is 0. The second-order valence-electron chi connectivity index (χ2n) is 6.67. The van der Waals surface area contributed by atoms with Crippen LogP contribution in [-0.4, -0.2) is 34.9 Å². The lowest BCUT2D eigenvalue weighted by Gasteiger charge is -2.27. The molecule has 21 heavy (non-hydrogen) atoms. The van der Waals surface area contributed by atoms with E-state index in [2.05, 4.69) is 25.9 Å². The van der Waals surface area contributed by atoms with Gasteiger partial charge in [-0.05, 0) is 29.9 Å². The highest BCUT2D eigenvalue weighted by molar-refractivity contribution is 6.01. The molecule has 1 aromatic rings. The second kappa shape index (κ2) is 5.76. The summed E-state index contributed by atoms with van der Waals surface area (Å²) in [6.45, 7) is 8.21. The first kappa shape index (κ1) is 15.4. The van der Waals surface area contributed by atoms with E-state index in [0.29, 0.717) is 17.0 Å². The third-order valence-electron chi connectivity index (χ3n) is 4.21. The van der Waals surface area contributed by atoms with E-state index < -0.39 is 0 Å². The minimum atomic E-state index is 0.00865. The number of carbonyl (C=O) groups excluding carboxylic acids is 1. The van der Waals surface area contributed by atoms with E-state index in [0.717, 1.165) is 19.5 Å². The maximum atomic E-state index is 12.6. The normalized spacial score (nSPS) is 19.9. The minimum Gasteiger partial charge on any atom is -0.409 e. The van der Waals surface area contributed by atoms with Gasteiger partial charge in [-0.1, -0.05) is 38.1 Å². The smallest absolute Gasteiger partial charge is 0.253 e. The summed E-state index contributed by atoms with van der Waals surface area (Å²) in [4.78, 5) is 14.5. The fourth-order valence-electron chi connectivity index (χ4n) is 2.70.